The quantitative estimate of drug-likeness (QED) is 0.673. The topological polar surface area (TPSA) is 93.5 Å². The van der Waals surface area contributed by atoms with Crippen LogP contribution in [0.1, 0.15) is 17.3 Å². The van der Waals surface area contributed by atoms with E-state index in [0.29, 0.717) is 29.3 Å². The number of aromatic nitrogens is 1. The SMILES string of the molecule is CCOC(=O)c1ccc(NC(=O)Nc2cccc(-c3cnco3)c2)cc1. The summed E-state index contributed by atoms with van der Waals surface area (Å²) in [6, 6.07) is 13.3. The predicted octanol–water partition coefficient (Wildman–Crippen LogP) is 4.16. The van der Waals surface area contributed by atoms with Gasteiger partial charge in [0.05, 0.1) is 18.4 Å². The number of nitrogens with zero attached hydrogens (tertiary/aromatic N) is 1. The molecule has 132 valence electrons. The summed E-state index contributed by atoms with van der Waals surface area (Å²) in [5.74, 6) is 0.219. The standard InChI is InChI=1S/C19H17N3O4/c1-2-25-18(23)13-6-8-15(9-7-13)21-19(24)22-16-5-3-4-14(10-16)17-11-20-12-26-17/h3-12H,2H2,1H3,(H2,21,22,24). The molecule has 0 bridgehead atoms. The van der Waals surface area contributed by atoms with Gasteiger partial charge in [-0.05, 0) is 43.3 Å². The number of anilines is 2. The Morgan fingerprint density at radius 1 is 1.08 bits per heavy atom. The second-order valence-corrected chi connectivity index (χ2v) is 5.32. The molecule has 0 saturated carbocycles. The summed E-state index contributed by atoms with van der Waals surface area (Å²) >= 11 is 0. The molecule has 2 aromatic carbocycles. The third kappa shape index (κ3) is 4.27. The summed E-state index contributed by atoms with van der Waals surface area (Å²) in [7, 11) is 0. The number of hydrogen-bond acceptors (Lipinski definition) is 5. The molecule has 0 fully saturated rings. The van der Waals surface area contributed by atoms with Crippen molar-refractivity contribution >= 4 is 23.4 Å². The van der Waals surface area contributed by atoms with E-state index in [-0.39, 0.29) is 0 Å². The van der Waals surface area contributed by atoms with E-state index in [1.165, 1.54) is 6.39 Å². The first kappa shape index (κ1) is 17.2. The number of carbonyl (C=O) groups is 2. The van der Waals surface area contributed by atoms with Gasteiger partial charge in [0.15, 0.2) is 12.2 Å². The highest BCUT2D eigenvalue weighted by Crippen LogP contribution is 2.22. The summed E-state index contributed by atoms with van der Waals surface area (Å²) in [6.07, 6.45) is 2.95. The van der Waals surface area contributed by atoms with Crippen LogP contribution in [-0.4, -0.2) is 23.6 Å². The summed E-state index contributed by atoms with van der Waals surface area (Å²) in [6.45, 7) is 2.06. The molecule has 0 radical (unpaired) electrons. The monoisotopic (exact) mass is 351 g/mol. The van der Waals surface area contributed by atoms with Gasteiger partial charge in [0.25, 0.3) is 0 Å². The average molecular weight is 351 g/mol. The largest absolute Gasteiger partial charge is 0.462 e. The number of amides is 2. The van der Waals surface area contributed by atoms with Crippen LogP contribution in [0, 0.1) is 0 Å². The Bertz CT molecular complexity index is 889. The molecule has 3 rings (SSSR count). The molecule has 0 spiro atoms. The van der Waals surface area contributed by atoms with Gasteiger partial charge in [-0.25, -0.2) is 14.6 Å². The summed E-state index contributed by atoms with van der Waals surface area (Å²) in [5.41, 5.74) is 2.40. The maximum Gasteiger partial charge on any atom is 0.338 e. The Labute approximate surface area is 150 Å². The number of esters is 1. The first-order chi connectivity index (χ1) is 12.7. The van der Waals surface area contributed by atoms with E-state index in [1.54, 1.807) is 49.5 Å². The first-order valence-electron chi connectivity index (χ1n) is 8.00. The fourth-order valence-electron chi connectivity index (χ4n) is 2.31. The maximum atomic E-state index is 12.2. The fraction of sp³-hybridized carbons (Fsp3) is 0.105. The zero-order valence-corrected chi connectivity index (χ0v) is 14.1. The van der Waals surface area contributed by atoms with Crippen molar-refractivity contribution in [2.24, 2.45) is 0 Å². The number of ether oxygens (including phenoxy) is 1. The van der Waals surface area contributed by atoms with E-state index < -0.39 is 12.0 Å². The Morgan fingerprint density at radius 2 is 1.85 bits per heavy atom. The molecular weight excluding hydrogens is 334 g/mol. The number of carbonyl (C=O) groups excluding carboxylic acids is 2. The minimum atomic E-state index is -0.399. The summed E-state index contributed by atoms with van der Waals surface area (Å²) < 4.78 is 10.2. The summed E-state index contributed by atoms with van der Waals surface area (Å²) in [5, 5.41) is 5.45. The molecule has 0 aliphatic heterocycles. The van der Waals surface area contributed by atoms with E-state index >= 15 is 0 Å². The molecule has 7 heteroatoms. The van der Waals surface area contributed by atoms with Crippen LogP contribution in [0.15, 0.2) is 65.5 Å². The van der Waals surface area contributed by atoms with E-state index in [9.17, 15) is 9.59 Å². The van der Waals surface area contributed by atoms with Crippen molar-refractivity contribution in [3.8, 4) is 11.3 Å². The van der Waals surface area contributed by atoms with Gasteiger partial charge in [0.2, 0.25) is 0 Å². The lowest BCUT2D eigenvalue weighted by atomic mass is 10.1. The number of nitrogens with one attached hydrogen (secondary N) is 2. The normalized spacial score (nSPS) is 10.2. The van der Waals surface area contributed by atoms with E-state index in [1.807, 2.05) is 12.1 Å². The molecule has 0 aliphatic rings. The molecule has 1 heterocycles. The number of hydrogen-bond donors (Lipinski definition) is 2. The number of oxazole rings is 1. The van der Waals surface area contributed by atoms with Crippen molar-refractivity contribution in [1.29, 1.82) is 0 Å². The van der Waals surface area contributed by atoms with Crippen molar-refractivity contribution < 1.29 is 18.7 Å². The van der Waals surface area contributed by atoms with Crippen molar-refractivity contribution in [1.82, 2.24) is 4.98 Å². The van der Waals surface area contributed by atoms with Crippen molar-refractivity contribution in [2.75, 3.05) is 17.2 Å². The Kier molecular flexibility index (Phi) is 5.28. The number of rotatable bonds is 5. The highest BCUT2D eigenvalue weighted by molar-refractivity contribution is 6.00. The smallest absolute Gasteiger partial charge is 0.338 e. The Balaban J connectivity index is 1.62. The van der Waals surface area contributed by atoms with Gasteiger partial charge in [-0.3, -0.25) is 0 Å². The highest BCUT2D eigenvalue weighted by atomic mass is 16.5. The minimum Gasteiger partial charge on any atom is -0.462 e. The molecule has 2 N–H and O–H groups in total. The van der Waals surface area contributed by atoms with Gasteiger partial charge in [0, 0.05) is 16.9 Å². The molecule has 2 amide bonds. The molecule has 1 aromatic heterocycles. The lowest BCUT2D eigenvalue weighted by Crippen LogP contribution is -2.19. The van der Waals surface area contributed by atoms with E-state index in [0.717, 1.165) is 5.56 Å². The third-order valence-electron chi connectivity index (χ3n) is 3.49. The Hall–Kier alpha value is -3.61. The molecule has 26 heavy (non-hydrogen) atoms. The molecular formula is C19H17N3O4. The van der Waals surface area contributed by atoms with Crippen LogP contribution in [0.25, 0.3) is 11.3 Å². The van der Waals surface area contributed by atoms with Crippen LogP contribution in [0.3, 0.4) is 0 Å². The van der Waals surface area contributed by atoms with Crippen LogP contribution < -0.4 is 10.6 Å². The van der Waals surface area contributed by atoms with E-state index in [4.69, 9.17) is 9.15 Å². The van der Waals surface area contributed by atoms with Crippen molar-refractivity contribution in [3.05, 3.63) is 66.7 Å². The van der Waals surface area contributed by atoms with Crippen LogP contribution in [0.4, 0.5) is 16.2 Å². The van der Waals surface area contributed by atoms with Crippen LogP contribution in [-0.2, 0) is 4.74 Å². The van der Waals surface area contributed by atoms with Gasteiger partial charge in [0.1, 0.15) is 0 Å². The first-order valence-corrected chi connectivity index (χ1v) is 8.00. The average Bonchev–Trinajstić information content (AvgIpc) is 3.17. The molecule has 0 unspecified atom stereocenters. The van der Waals surface area contributed by atoms with Crippen molar-refractivity contribution in [3.63, 3.8) is 0 Å². The van der Waals surface area contributed by atoms with Crippen LogP contribution in [0.5, 0.6) is 0 Å². The lowest BCUT2D eigenvalue weighted by Gasteiger charge is -2.09. The van der Waals surface area contributed by atoms with Crippen LogP contribution in [0.2, 0.25) is 0 Å². The molecule has 0 saturated heterocycles. The van der Waals surface area contributed by atoms with Crippen molar-refractivity contribution in [2.45, 2.75) is 6.92 Å². The highest BCUT2D eigenvalue weighted by Gasteiger charge is 2.08. The van der Waals surface area contributed by atoms with Crippen LogP contribution >= 0.6 is 0 Å². The molecule has 3 aromatic rings. The molecule has 0 aliphatic carbocycles. The molecule has 7 nitrogen and oxygen atoms in total. The zero-order valence-electron chi connectivity index (χ0n) is 14.1. The predicted molar refractivity (Wildman–Crippen MR) is 97.0 cm³/mol. The number of benzene rings is 2. The summed E-state index contributed by atoms with van der Waals surface area (Å²) in [4.78, 5) is 27.6. The lowest BCUT2D eigenvalue weighted by molar-refractivity contribution is 0.0526. The second kappa shape index (κ2) is 7.98. The zero-order chi connectivity index (χ0) is 18.4. The van der Waals surface area contributed by atoms with Gasteiger partial charge in [-0.2, -0.15) is 0 Å². The minimum absolute atomic E-state index is 0.314. The van der Waals surface area contributed by atoms with Gasteiger partial charge < -0.3 is 19.8 Å². The third-order valence-corrected chi connectivity index (χ3v) is 3.49. The van der Waals surface area contributed by atoms with E-state index in [2.05, 4.69) is 15.6 Å². The second-order valence-electron chi connectivity index (χ2n) is 5.32. The van der Waals surface area contributed by atoms with Gasteiger partial charge >= 0.3 is 12.0 Å². The molecule has 0 atom stereocenters. The number of urea groups is 1. The maximum absolute atomic E-state index is 12.2. The fourth-order valence-corrected chi connectivity index (χ4v) is 2.31. The van der Waals surface area contributed by atoms with Gasteiger partial charge in [-0.15, -0.1) is 0 Å². The van der Waals surface area contributed by atoms with Gasteiger partial charge in [-0.1, -0.05) is 12.1 Å². The Morgan fingerprint density at radius 3 is 2.54 bits per heavy atom.